The summed E-state index contributed by atoms with van der Waals surface area (Å²) in [5, 5.41) is 3.44. The second kappa shape index (κ2) is 10.1. The van der Waals surface area contributed by atoms with Gasteiger partial charge in [0.05, 0.1) is 23.5 Å². The van der Waals surface area contributed by atoms with Crippen molar-refractivity contribution in [3.63, 3.8) is 0 Å². The Morgan fingerprint density at radius 1 is 1.00 bits per heavy atom. The van der Waals surface area contributed by atoms with E-state index in [1.807, 2.05) is 60.1 Å². The summed E-state index contributed by atoms with van der Waals surface area (Å²) in [7, 11) is 0. The number of hydrogen-bond donors (Lipinski definition) is 1. The van der Waals surface area contributed by atoms with Gasteiger partial charge in [0.15, 0.2) is 0 Å². The second-order valence-electron chi connectivity index (χ2n) is 8.37. The van der Waals surface area contributed by atoms with Crippen LogP contribution in [0.3, 0.4) is 0 Å². The molecule has 0 bridgehead atoms. The molecule has 3 heterocycles. The average Bonchev–Trinajstić information content (AvgIpc) is 3.31. The molecular formula is C28H23ClN4O3. The van der Waals surface area contributed by atoms with Crippen molar-refractivity contribution in [3.05, 3.63) is 129 Å². The van der Waals surface area contributed by atoms with Gasteiger partial charge >= 0.3 is 0 Å². The van der Waals surface area contributed by atoms with Gasteiger partial charge in [-0.3, -0.25) is 9.59 Å². The van der Waals surface area contributed by atoms with E-state index in [1.165, 1.54) is 10.6 Å². The Morgan fingerprint density at radius 3 is 2.64 bits per heavy atom. The standard InChI is InChI=1S/C28H23ClN4O3/c1-19-7-6-14-32-17-22(30-27(19)32)18-36-25-11-5-3-9-23(25)28(35)31-21-12-13-26(34)33(16-21)15-20-8-2-4-10-24(20)29/h2-14,16-17H,15,18H2,1H3,(H,31,35). The quantitative estimate of drug-likeness (QED) is 0.328. The fraction of sp³-hybridized carbons (Fsp3) is 0.107. The van der Waals surface area contributed by atoms with Crippen LogP contribution in [0.25, 0.3) is 5.65 Å². The van der Waals surface area contributed by atoms with E-state index in [-0.39, 0.29) is 18.1 Å². The summed E-state index contributed by atoms with van der Waals surface area (Å²) in [6, 6.07) is 21.3. The lowest BCUT2D eigenvalue weighted by molar-refractivity contribution is 0.102. The third kappa shape index (κ3) is 5.01. The maximum absolute atomic E-state index is 13.1. The number of aryl methyl sites for hydroxylation is 1. The first-order valence-electron chi connectivity index (χ1n) is 11.4. The maximum atomic E-state index is 13.1. The highest BCUT2D eigenvalue weighted by molar-refractivity contribution is 6.31. The molecule has 0 aliphatic rings. The third-order valence-corrected chi connectivity index (χ3v) is 6.14. The molecule has 0 saturated carbocycles. The van der Waals surface area contributed by atoms with Gasteiger partial charge in [-0.05, 0) is 48.4 Å². The Bertz CT molecular complexity index is 1620. The Labute approximate surface area is 212 Å². The molecule has 36 heavy (non-hydrogen) atoms. The van der Waals surface area contributed by atoms with Gasteiger partial charge in [0.1, 0.15) is 18.0 Å². The maximum Gasteiger partial charge on any atom is 0.259 e. The zero-order chi connectivity index (χ0) is 25.1. The van der Waals surface area contributed by atoms with Crippen LogP contribution in [-0.2, 0) is 13.2 Å². The smallest absolute Gasteiger partial charge is 0.259 e. The summed E-state index contributed by atoms with van der Waals surface area (Å²) in [5.74, 6) is 0.0903. The van der Waals surface area contributed by atoms with Crippen LogP contribution < -0.4 is 15.6 Å². The van der Waals surface area contributed by atoms with Crippen LogP contribution in [-0.4, -0.2) is 19.9 Å². The topological polar surface area (TPSA) is 77.6 Å². The van der Waals surface area contributed by atoms with Crippen molar-refractivity contribution in [1.82, 2.24) is 14.0 Å². The predicted molar refractivity (Wildman–Crippen MR) is 140 cm³/mol. The van der Waals surface area contributed by atoms with E-state index in [0.29, 0.717) is 28.6 Å². The van der Waals surface area contributed by atoms with E-state index in [9.17, 15) is 9.59 Å². The van der Waals surface area contributed by atoms with Crippen LogP contribution in [0.2, 0.25) is 5.02 Å². The van der Waals surface area contributed by atoms with E-state index >= 15 is 0 Å². The van der Waals surface area contributed by atoms with Crippen molar-refractivity contribution in [2.75, 3.05) is 5.32 Å². The van der Waals surface area contributed by atoms with Crippen LogP contribution in [0.4, 0.5) is 5.69 Å². The van der Waals surface area contributed by atoms with Crippen molar-refractivity contribution in [2.24, 2.45) is 0 Å². The fourth-order valence-corrected chi connectivity index (χ4v) is 4.14. The predicted octanol–water partition coefficient (Wildman–Crippen LogP) is 5.34. The fourth-order valence-electron chi connectivity index (χ4n) is 3.94. The zero-order valence-electron chi connectivity index (χ0n) is 19.5. The molecule has 0 unspecified atom stereocenters. The number of rotatable bonds is 7. The highest BCUT2D eigenvalue weighted by Gasteiger charge is 2.14. The molecule has 0 aliphatic heterocycles. The summed E-state index contributed by atoms with van der Waals surface area (Å²) < 4.78 is 9.43. The number of anilines is 1. The Morgan fingerprint density at radius 2 is 1.81 bits per heavy atom. The van der Waals surface area contributed by atoms with Crippen molar-refractivity contribution >= 4 is 28.8 Å². The lowest BCUT2D eigenvalue weighted by atomic mass is 10.2. The Kier molecular flexibility index (Phi) is 6.56. The largest absolute Gasteiger partial charge is 0.486 e. The number of amides is 1. The van der Waals surface area contributed by atoms with Crippen molar-refractivity contribution in [2.45, 2.75) is 20.1 Å². The molecule has 0 fully saturated rings. The number of hydrogen-bond acceptors (Lipinski definition) is 4. The van der Waals surface area contributed by atoms with Gasteiger partial charge < -0.3 is 19.0 Å². The number of aromatic nitrogens is 3. The number of imidazole rings is 1. The van der Waals surface area contributed by atoms with E-state index in [4.69, 9.17) is 16.3 Å². The van der Waals surface area contributed by atoms with Crippen LogP contribution in [0.5, 0.6) is 5.75 Å². The number of halogens is 1. The Hall–Kier alpha value is -4.36. The van der Waals surface area contributed by atoms with E-state index in [2.05, 4.69) is 10.3 Å². The molecule has 0 radical (unpaired) electrons. The first-order chi connectivity index (χ1) is 17.5. The van der Waals surface area contributed by atoms with Crippen molar-refractivity contribution in [3.8, 4) is 5.75 Å². The minimum atomic E-state index is -0.348. The molecule has 0 atom stereocenters. The number of benzene rings is 2. The number of fused-ring (bicyclic) bond motifs is 1. The molecule has 0 spiro atoms. The van der Waals surface area contributed by atoms with Crippen LogP contribution in [0.15, 0.2) is 96.2 Å². The normalized spacial score (nSPS) is 10.9. The lowest BCUT2D eigenvalue weighted by Gasteiger charge is -2.13. The Balaban J connectivity index is 1.32. The zero-order valence-corrected chi connectivity index (χ0v) is 20.3. The molecule has 1 N–H and O–H groups in total. The molecule has 0 saturated heterocycles. The van der Waals surface area contributed by atoms with Gasteiger partial charge in [0.25, 0.3) is 11.5 Å². The second-order valence-corrected chi connectivity index (χ2v) is 8.78. The number of carbonyl (C=O) groups excluding carboxylic acids is 1. The highest BCUT2D eigenvalue weighted by atomic mass is 35.5. The number of nitrogens with zero attached hydrogens (tertiary/aromatic N) is 3. The van der Waals surface area contributed by atoms with Crippen molar-refractivity contribution in [1.29, 1.82) is 0 Å². The number of nitrogens with one attached hydrogen (secondary N) is 1. The molecule has 180 valence electrons. The van der Waals surface area contributed by atoms with Gasteiger partial charge in [0.2, 0.25) is 0 Å². The number of carbonyl (C=O) groups is 1. The summed E-state index contributed by atoms with van der Waals surface area (Å²) in [6.45, 7) is 2.51. The summed E-state index contributed by atoms with van der Waals surface area (Å²) in [6.07, 6.45) is 5.45. The SMILES string of the molecule is Cc1cccn2cc(COc3ccccc3C(=O)Nc3ccc(=O)n(Cc4ccccc4Cl)c3)nc12. The molecule has 8 heteroatoms. The first kappa shape index (κ1) is 23.4. The van der Waals surface area contributed by atoms with Crippen LogP contribution in [0, 0.1) is 6.92 Å². The summed E-state index contributed by atoms with van der Waals surface area (Å²) in [4.78, 5) is 30.1. The minimum Gasteiger partial charge on any atom is -0.486 e. The first-order valence-corrected chi connectivity index (χ1v) is 11.8. The number of ether oxygens (including phenoxy) is 1. The van der Waals surface area contributed by atoms with E-state index < -0.39 is 0 Å². The van der Waals surface area contributed by atoms with Gasteiger partial charge in [-0.25, -0.2) is 4.98 Å². The van der Waals surface area contributed by atoms with Crippen LogP contribution >= 0.6 is 11.6 Å². The summed E-state index contributed by atoms with van der Waals surface area (Å²) >= 11 is 6.25. The molecule has 2 aromatic carbocycles. The van der Waals surface area contributed by atoms with Gasteiger partial charge in [-0.15, -0.1) is 0 Å². The number of pyridine rings is 2. The highest BCUT2D eigenvalue weighted by Crippen LogP contribution is 2.22. The summed E-state index contributed by atoms with van der Waals surface area (Å²) in [5.41, 5.74) is 4.17. The lowest BCUT2D eigenvalue weighted by Crippen LogP contribution is -2.21. The van der Waals surface area contributed by atoms with Crippen molar-refractivity contribution < 1.29 is 9.53 Å². The molecule has 5 aromatic rings. The average molecular weight is 499 g/mol. The molecule has 5 rings (SSSR count). The molecule has 1 amide bonds. The number of para-hydroxylation sites is 1. The van der Waals surface area contributed by atoms with Gasteiger partial charge in [0, 0.05) is 29.7 Å². The molecule has 0 aliphatic carbocycles. The van der Waals surface area contributed by atoms with E-state index in [0.717, 1.165) is 22.5 Å². The third-order valence-electron chi connectivity index (χ3n) is 5.77. The molecule has 7 nitrogen and oxygen atoms in total. The van der Waals surface area contributed by atoms with Gasteiger partial charge in [-0.2, -0.15) is 0 Å². The van der Waals surface area contributed by atoms with Gasteiger partial charge in [-0.1, -0.05) is 48.0 Å². The monoisotopic (exact) mass is 498 g/mol. The molecule has 3 aromatic heterocycles. The molecular weight excluding hydrogens is 476 g/mol. The minimum absolute atomic E-state index is 0.195. The van der Waals surface area contributed by atoms with Crippen LogP contribution in [0.1, 0.15) is 27.2 Å². The van der Waals surface area contributed by atoms with E-state index in [1.54, 1.807) is 36.5 Å².